The lowest BCUT2D eigenvalue weighted by Crippen LogP contribution is -2.47. The standard InChI is InChI=1S/C15H24N2O2S/c1-3-6-13-16-12(10-20-13)9-17-8-5-7-15(4-2,11-17)14(18)19/h10H,3-9,11H2,1-2H3,(H,18,19). The van der Waals surface area contributed by atoms with Crippen LogP contribution in [0.15, 0.2) is 5.38 Å². The van der Waals surface area contributed by atoms with Crippen molar-refractivity contribution in [3.63, 3.8) is 0 Å². The van der Waals surface area contributed by atoms with Gasteiger partial charge in [0.2, 0.25) is 0 Å². The number of aryl methyl sites for hydroxylation is 1. The van der Waals surface area contributed by atoms with Crippen LogP contribution in [0.4, 0.5) is 0 Å². The lowest BCUT2D eigenvalue weighted by molar-refractivity contribution is -0.153. The van der Waals surface area contributed by atoms with Crippen LogP contribution in [0.25, 0.3) is 0 Å². The normalized spacial score (nSPS) is 23.9. The maximum Gasteiger partial charge on any atom is 0.310 e. The van der Waals surface area contributed by atoms with Crippen molar-refractivity contribution in [1.29, 1.82) is 0 Å². The molecule has 0 spiro atoms. The molecule has 1 atom stereocenters. The van der Waals surface area contributed by atoms with E-state index in [0.29, 0.717) is 13.0 Å². The molecule has 5 heteroatoms. The first-order valence-corrected chi connectivity index (χ1v) is 8.36. The average Bonchev–Trinajstić information content (AvgIpc) is 2.86. The topological polar surface area (TPSA) is 53.4 Å². The summed E-state index contributed by atoms with van der Waals surface area (Å²) in [6, 6.07) is 0. The van der Waals surface area contributed by atoms with E-state index in [2.05, 4.69) is 22.2 Å². The van der Waals surface area contributed by atoms with Gasteiger partial charge in [0.25, 0.3) is 0 Å². The van der Waals surface area contributed by atoms with Gasteiger partial charge in [-0.1, -0.05) is 13.8 Å². The fraction of sp³-hybridized carbons (Fsp3) is 0.733. The van der Waals surface area contributed by atoms with Crippen LogP contribution < -0.4 is 0 Å². The highest BCUT2D eigenvalue weighted by Gasteiger charge is 2.40. The smallest absolute Gasteiger partial charge is 0.310 e. The summed E-state index contributed by atoms with van der Waals surface area (Å²) in [5.74, 6) is -0.644. The molecule has 20 heavy (non-hydrogen) atoms. The van der Waals surface area contributed by atoms with Crippen LogP contribution >= 0.6 is 11.3 Å². The second-order valence-corrected chi connectivity index (χ2v) is 6.68. The van der Waals surface area contributed by atoms with E-state index in [-0.39, 0.29) is 0 Å². The number of piperidine rings is 1. The van der Waals surface area contributed by atoms with E-state index in [1.54, 1.807) is 11.3 Å². The Balaban J connectivity index is 2.00. The van der Waals surface area contributed by atoms with Gasteiger partial charge in [0.05, 0.1) is 16.1 Å². The molecule has 0 saturated carbocycles. The molecule has 4 nitrogen and oxygen atoms in total. The second kappa shape index (κ2) is 6.68. The summed E-state index contributed by atoms with van der Waals surface area (Å²) in [5, 5.41) is 12.8. The van der Waals surface area contributed by atoms with Crippen LogP contribution in [-0.2, 0) is 17.8 Å². The minimum absolute atomic E-state index is 0.555. The molecule has 1 saturated heterocycles. The monoisotopic (exact) mass is 296 g/mol. The Morgan fingerprint density at radius 2 is 2.35 bits per heavy atom. The number of thiazole rings is 1. The molecule has 0 radical (unpaired) electrons. The van der Waals surface area contributed by atoms with Crippen molar-refractivity contribution in [3.8, 4) is 0 Å². The van der Waals surface area contributed by atoms with Gasteiger partial charge in [-0.2, -0.15) is 0 Å². The van der Waals surface area contributed by atoms with Crippen molar-refractivity contribution in [2.75, 3.05) is 13.1 Å². The van der Waals surface area contributed by atoms with E-state index in [9.17, 15) is 9.90 Å². The van der Waals surface area contributed by atoms with Crippen molar-refractivity contribution >= 4 is 17.3 Å². The van der Waals surface area contributed by atoms with Crippen LogP contribution in [0.1, 0.15) is 50.2 Å². The molecule has 1 aromatic heterocycles. The summed E-state index contributed by atoms with van der Waals surface area (Å²) in [6.07, 6.45) is 4.63. The Kier molecular flexibility index (Phi) is 5.16. The third-order valence-electron chi connectivity index (χ3n) is 4.24. The highest BCUT2D eigenvalue weighted by Crippen LogP contribution is 2.34. The van der Waals surface area contributed by atoms with Gasteiger partial charge in [-0.05, 0) is 38.6 Å². The first-order chi connectivity index (χ1) is 9.59. The van der Waals surface area contributed by atoms with E-state index in [4.69, 9.17) is 0 Å². The summed E-state index contributed by atoms with van der Waals surface area (Å²) in [7, 11) is 0. The molecule has 1 N–H and O–H groups in total. The fourth-order valence-corrected chi connectivity index (χ4v) is 3.85. The third kappa shape index (κ3) is 3.38. The number of aromatic nitrogens is 1. The van der Waals surface area contributed by atoms with Gasteiger partial charge in [-0.25, -0.2) is 4.98 Å². The van der Waals surface area contributed by atoms with Crippen LogP contribution in [-0.4, -0.2) is 34.0 Å². The first-order valence-electron chi connectivity index (χ1n) is 7.48. The summed E-state index contributed by atoms with van der Waals surface area (Å²) in [5.41, 5.74) is 0.538. The summed E-state index contributed by atoms with van der Waals surface area (Å²) in [4.78, 5) is 18.5. The van der Waals surface area contributed by atoms with E-state index in [1.807, 2.05) is 6.92 Å². The second-order valence-electron chi connectivity index (χ2n) is 5.74. The lowest BCUT2D eigenvalue weighted by Gasteiger charge is -2.39. The van der Waals surface area contributed by atoms with Gasteiger partial charge in [0.1, 0.15) is 0 Å². The van der Waals surface area contributed by atoms with Crippen molar-refractivity contribution < 1.29 is 9.90 Å². The van der Waals surface area contributed by atoms with Crippen LogP contribution in [0.5, 0.6) is 0 Å². The van der Waals surface area contributed by atoms with E-state index in [1.165, 1.54) is 5.01 Å². The van der Waals surface area contributed by atoms with Crippen LogP contribution in [0.3, 0.4) is 0 Å². The van der Waals surface area contributed by atoms with Gasteiger partial charge in [0, 0.05) is 18.5 Å². The maximum atomic E-state index is 11.6. The number of likely N-dealkylation sites (tertiary alicyclic amines) is 1. The zero-order chi connectivity index (χ0) is 14.6. The van der Waals surface area contributed by atoms with Crippen molar-refractivity contribution in [2.24, 2.45) is 5.41 Å². The molecule has 2 heterocycles. The minimum atomic E-state index is -0.644. The van der Waals surface area contributed by atoms with E-state index < -0.39 is 11.4 Å². The largest absolute Gasteiger partial charge is 0.481 e. The van der Waals surface area contributed by atoms with Gasteiger partial charge in [-0.3, -0.25) is 9.69 Å². The number of nitrogens with zero attached hydrogens (tertiary/aromatic N) is 2. The molecule has 0 bridgehead atoms. The molecule has 2 rings (SSSR count). The predicted octanol–water partition coefficient (Wildman–Crippen LogP) is 3.17. The number of aliphatic carboxylic acids is 1. The number of rotatable bonds is 6. The summed E-state index contributed by atoms with van der Waals surface area (Å²) < 4.78 is 0. The van der Waals surface area contributed by atoms with Crippen molar-refractivity contribution in [3.05, 3.63) is 16.1 Å². The predicted molar refractivity (Wildman–Crippen MR) is 81.0 cm³/mol. The van der Waals surface area contributed by atoms with E-state index in [0.717, 1.165) is 44.5 Å². The average molecular weight is 296 g/mol. The molecule has 1 aromatic rings. The summed E-state index contributed by atoms with van der Waals surface area (Å²) in [6.45, 7) is 6.57. The van der Waals surface area contributed by atoms with Gasteiger partial charge in [0.15, 0.2) is 0 Å². The Labute approximate surface area is 124 Å². The van der Waals surface area contributed by atoms with Gasteiger partial charge in [-0.15, -0.1) is 11.3 Å². The molecule has 0 aromatic carbocycles. The highest BCUT2D eigenvalue weighted by atomic mass is 32.1. The molecule has 0 aliphatic carbocycles. The van der Waals surface area contributed by atoms with Crippen LogP contribution in [0.2, 0.25) is 0 Å². The zero-order valence-electron chi connectivity index (χ0n) is 12.4. The Morgan fingerprint density at radius 1 is 1.55 bits per heavy atom. The van der Waals surface area contributed by atoms with Crippen molar-refractivity contribution in [1.82, 2.24) is 9.88 Å². The number of hydrogen-bond donors (Lipinski definition) is 1. The third-order valence-corrected chi connectivity index (χ3v) is 5.19. The maximum absolute atomic E-state index is 11.6. The number of carboxylic acid groups (broad SMARTS) is 1. The van der Waals surface area contributed by atoms with Gasteiger partial charge >= 0.3 is 5.97 Å². The number of hydrogen-bond acceptors (Lipinski definition) is 4. The Bertz CT molecular complexity index is 460. The van der Waals surface area contributed by atoms with Gasteiger partial charge < -0.3 is 5.11 Å². The molecule has 1 aliphatic heterocycles. The molecule has 1 aliphatic rings. The lowest BCUT2D eigenvalue weighted by atomic mass is 9.77. The SMILES string of the molecule is CCCc1nc(CN2CCCC(CC)(C(=O)O)C2)cs1. The van der Waals surface area contributed by atoms with Crippen LogP contribution in [0, 0.1) is 5.41 Å². The zero-order valence-corrected chi connectivity index (χ0v) is 13.2. The summed E-state index contributed by atoms with van der Waals surface area (Å²) >= 11 is 1.72. The molecule has 1 unspecified atom stereocenters. The molecular weight excluding hydrogens is 272 g/mol. The molecule has 112 valence electrons. The quantitative estimate of drug-likeness (QED) is 0.876. The highest BCUT2D eigenvalue weighted by molar-refractivity contribution is 7.09. The van der Waals surface area contributed by atoms with Crippen molar-refractivity contribution in [2.45, 2.75) is 52.5 Å². The minimum Gasteiger partial charge on any atom is -0.481 e. The number of carboxylic acids is 1. The Morgan fingerprint density at radius 3 is 3.00 bits per heavy atom. The Hall–Kier alpha value is -0.940. The van der Waals surface area contributed by atoms with E-state index >= 15 is 0 Å². The first kappa shape index (κ1) is 15.4. The molecular formula is C15H24N2O2S. The fourth-order valence-electron chi connectivity index (χ4n) is 2.96. The molecule has 0 amide bonds. The molecule has 1 fully saturated rings. The number of carbonyl (C=O) groups is 1.